The monoisotopic (exact) mass is 651 g/mol. The van der Waals surface area contributed by atoms with Crippen LogP contribution in [0.2, 0.25) is 0 Å². The summed E-state index contributed by atoms with van der Waals surface area (Å²) in [5.41, 5.74) is 2.78. The maximum absolute atomic E-state index is 14.0. The largest absolute Gasteiger partial charge is 0.481 e. The first kappa shape index (κ1) is 33.8. The lowest BCUT2D eigenvalue weighted by atomic mass is 9.43. The molecule has 0 unspecified atom stereocenters. The quantitative estimate of drug-likeness (QED) is 0.255. The van der Waals surface area contributed by atoms with Crippen LogP contribution in [0.15, 0.2) is 67.0 Å². The zero-order valence-corrected chi connectivity index (χ0v) is 28.7. The second kappa shape index (κ2) is 13.4. The van der Waals surface area contributed by atoms with Gasteiger partial charge in [-0.3, -0.25) is 19.4 Å². The number of aromatic nitrogens is 2. The molecule has 2 bridgehead atoms. The molecule has 0 spiro atoms. The van der Waals surface area contributed by atoms with Crippen molar-refractivity contribution in [2.24, 2.45) is 23.2 Å². The second-order valence-electron chi connectivity index (χ2n) is 14.8. The van der Waals surface area contributed by atoms with E-state index < -0.39 is 36.5 Å². The van der Waals surface area contributed by atoms with E-state index >= 15 is 0 Å². The van der Waals surface area contributed by atoms with Gasteiger partial charge in [-0.25, -0.2) is 4.98 Å². The first-order valence-corrected chi connectivity index (χ1v) is 17.0. The van der Waals surface area contributed by atoms with Crippen LogP contribution in [0, 0.1) is 30.1 Å². The lowest BCUT2D eigenvalue weighted by molar-refractivity contribution is -0.199. The fraction of sp³-hybridized carbons (Fsp3) is 0.486. The lowest BCUT2D eigenvalue weighted by Gasteiger charge is -2.64. The van der Waals surface area contributed by atoms with E-state index in [4.69, 9.17) is 9.31 Å². The Morgan fingerprint density at radius 3 is 2.31 bits per heavy atom. The Morgan fingerprint density at radius 1 is 0.938 bits per heavy atom. The van der Waals surface area contributed by atoms with Crippen LogP contribution in [0.5, 0.6) is 0 Å². The number of aryl methyl sites for hydroxylation is 1. The van der Waals surface area contributed by atoms with Gasteiger partial charge in [0.2, 0.25) is 5.91 Å². The summed E-state index contributed by atoms with van der Waals surface area (Å²) in [5.74, 6) is -0.637. The van der Waals surface area contributed by atoms with Gasteiger partial charge in [0.1, 0.15) is 11.7 Å². The van der Waals surface area contributed by atoms with Crippen LogP contribution in [0.3, 0.4) is 0 Å². The number of carbonyl (C=O) groups is 3. The molecule has 4 fully saturated rings. The Bertz CT molecular complexity index is 1630. The summed E-state index contributed by atoms with van der Waals surface area (Å²) in [4.78, 5) is 49.2. The number of hydrogen-bond acceptors (Lipinski definition) is 7. The average Bonchev–Trinajstić information content (AvgIpc) is 3.44. The van der Waals surface area contributed by atoms with Gasteiger partial charge < -0.3 is 25.3 Å². The van der Waals surface area contributed by atoms with Crippen molar-refractivity contribution < 1.29 is 23.7 Å². The molecule has 1 aliphatic heterocycles. The van der Waals surface area contributed by atoms with Crippen LogP contribution in [-0.2, 0) is 14.1 Å². The molecular weight excluding hydrogens is 605 g/mol. The molecule has 3 aromatic rings. The van der Waals surface area contributed by atoms with Crippen LogP contribution < -0.4 is 16.0 Å². The number of nitrogens with one attached hydrogen (secondary N) is 3. The predicted molar refractivity (Wildman–Crippen MR) is 184 cm³/mol. The summed E-state index contributed by atoms with van der Waals surface area (Å²) in [6.45, 7) is 12.8. The van der Waals surface area contributed by atoms with Crippen molar-refractivity contribution in [1.82, 2.24) is 25.9 Å². The van der Waals surface area contributed by atoms with E-state index in [0.717, 1.165) is 24.0 Å². The number of amides is 3. The van der Waals surface area contributed by atoms with Crippen molar-refractivity contribution >= 4 is 24.8 Å². The highest BCUT2D eigenvalue weighted by Gasteiger charge is 2.68. The van der Waals surface area contributed by atoms with E-state index in [2.05, 4.69) is 60.5 Å². The van der Waals surface area contributed by atoms with Crippen LogP contribution in [0.4, 0.5) is 0 Å². The number of hydrogen-bond donors (Lipinski definition) is 3. The highest BCUT2D eigenvalue weighted by atomic mass is 16.7. The SMILES string of the molecule is Cc1ccc(C(=O)NC[C@H](NC(=O)c2cnc(-c3ccccc3)cn2)C(=O)N[C@@H](CC(C)C)B2O[C@@H]3C[C@@H]4C[C@@H](C4(C)C)[C@]3(C)O2)cc1. The van der Waals surface area contributed by atoms with Gasteiger partial charge in [0, 0.05) is 17.7 Å². The third-order valence-electron chi connectivity index (χ3n) is 10.7. The first-order valence-electron chi connectivity index (χ1n) is 17.0. The van der Waals surface area contributed by atoms with Crippen molar-refractivity contribution in [2.75, 3.05) is 6.54 Å². The van der Waals surface area contributed by atoms with Crippen LogP contribution in [0.25, 0.3) is 11.3 Å². The van der Waals surface area contributed by atoms with Crippen molar-refractivity contribution in [3.63, 3.8) is 0 Å². The first-order chi connectivity index (χ1) is 22.8. The molecule has 6 atom stereocenters. The number of carbonyl (C=O) groups excluding carboxylic acids is 3. The molecule has 3 saturated carbocycles. The van der Waals surface area contributed by atoms with Gasteiger partial charge in [-0.15, -0.1) is 0 Å². The Morgan fingerprint density at radius 2 is 1.67 bits per heavy atom. The summed E-state index contributed by atoms with van der Waals surface area (Å²) in [5, 5.41) is 8.75. The smallest absolute Gasteiger partial charge is 0.404 e. The molecule has 4 aliphatic rings. The topological polar surface area (TPSA) is 132 Å². The van der Waals surface area contributed by atoms with Gasteiger partial charge in [-0.1, -0.05) is 75.7 Å². The molecule has 3 aliphatic carbocycles. The molecule has 48 heavy (non-hydrogen) atoms. The van der Waals surface area contributed by atoms with Gasteiger partial charge >= 0.3 is 7.12 Å². The molecule has 1 saturated heterocycles. The maximum atomic E-state index is 14.0. The Balaban J connectivity index is 1.19. The zero-order valence-electron chi connectivity index (χ0n) is 28.7. The molecule has 10 nitrogen and oxygen atoms in total. The molecule has 252 valence electrons. The summed E-state index contributed by atoms with van der Waals surface area (Å²) in [7, 11) is -0.628. The number of rotatable bonds is 11. The second-order valence-corrected chi connectivity index (χ2v) is 14.8. The normalized spacial score (nSPS) is 25.0. The third kappa shape index (κ3) is 6.76. The standard InChI is InChI=1S/C37H46BN5O5/c1-22(2)16-32(38-47-31-18-26-17-30(36(26,4)5)37(31,6)48-38)43-35(46)29(21-41-33(44)25-14-12-23(3)13-15-25)42-34(45)28-20-39-27(19-40-28)24-10-8-7-9-11-24/h7-15,19-20,22,26,29-32H,16-18,21H2,1-6H3,(H,41,44)(H,42,45)(H,43,46)/t26-,29-,30-,31+,32-,37-/m0/s1. The molecule has 2 heterocycles. The van der Waals surface area contributed by atoms with Crippen LogP contribution >= 0.6 is 0 Å². The fourth-order valence-electron chi connectivity index (χ4n) is 7.75. The zero-order chi connectivity index (χ0) is 34.2. The fourth-order valence-corrected chi connectivity index (χ4v) is 7.75. The van der Waals surface area contributed by atoms with E-state index in [-0.39, 0.29) is 35.6 Å². The molecule has 2 aromatic carbocycles. The molecule has 11 heteroatoms. The van der Waals surface area contributed by atoms with Gasteiger partial charge in [-0.2, -0.15) is 0 Å². The minimum atomic E-state index is -1.11. The molecule has 3 amide bonds. The van der Waals surface area contributed by atoms with Crippen molar-refractivity contribution in [3.8, 4) is 11.3 Å². The van der Waals surface area contributed by atoms with E-state index in [1.54, 1.807) is 12.1 Å². The predicted octanol–water partition coefficient (Wildman–Crippen LogP) is 4.78. The van der Waals surface area contributed by atoms with Crippen LogP contribution in [0.1, 0.15) is 80.3 Å². The van der Waals surface area contributed by atoms with Gasteiger partial charge in [0.15, 0.2) is 0 Å². The maximum Gasteiger partial charge on any atom is 0.481 e. The van der Waals surface area contributed by atoms with E-state index in [9.17, 15) is 14.4 Å². The number of nitrogens with zero attached hydrogens (tertiary/aromatic N) is 2. The lowest BCUT2D eigenvalue weighted by Crippen LogP contribution is -2.65. The molecule has 3 N–H and O–H groups in total. The summed E-state index contributed by atoms with van der Waals surface area (Å²) >= 11 is 0. The van der Waals surface area contributed by atoms with Gasteiger partial charge in [0.25, 0.3) is 11.8 Å². The molecular formula is C37H46BN5O5. The van der Waals surface area contributed by atoms with Gasteiger partial charge in [0.05, 0.1) is 35.7 Å². The van der Waals surface area contributed by atoms with E-state index in [1.165, 1.54) is 12.4 Å². The summed E-state index contributed by atoms with van der Waals surface area (Å²) < 4.78 is 13.3. The Kier molecular flexibility index (Phi) is 9.46. The molecule has 1 aromatic heterocycles. The highest BCUT2D eigenvalue weighted by Crippen LogP contribution is 2.65. The van der Waals surface area contributed by atoms with Crippen molar-refractivity contribution in [1.29, 1.82) is 0 Å². The minimum Gasteiger partial charge on any atom is -0.404 e. The molecule has 0 radical (unpaired) electrons. The van der Waals surface area contributed by atoms with Crippen LogP contribution in [-0.4, -0.2) is 65.0 Å². The summed E-state index contributed by atoms with van der Waals surface area (Å²) in [6.07, 6.45) is 5.55. The van der Waals surface area contributed by atoms with E-state index in [1.807, 2.05) is 49.4 Å². The highest BCUT2D eigenvalue weighted by molar-refractivity contribution is 6.48. The van der Waals surface area contributed by atoms with Crippen molar-refractivity contribution in [3.05, 3.63) is 83.8 Å². The summed E-state index contributed by atoms with van der Waals surface area (Å²) in [6, 6.07) is 15.6. The number of benzene rings is 2. The molecule has 7 rings (SSSR count). The third-order valence-corrected chi connectivity index (χ3v) is 10.7. The van der Waals surface area contributed by atoms with E-state index in [0.29, 0.717) is 29.5 Å². The van der Waals surface area contributed by atoms with Crippen molar-refractivity contribution in [2.45, 2.75) is 84.5 Å². The van der Waals surface area contributed by atoms with Gasteiger partial charge in [-0.05, 0) is 68.4 Å². The Labute approximate surface area is 283 Å². The minimum absolute atomic E-state index is 0.0347. The average molecular weight is 652 g/mol. The Hall–Kier alpha value is -4.09.